The van der Waals surface area contributed by atoms with E-state index in [1.54, 1.807) is 24.3 Å². The van der Waals surface area contributed by atoms with Crippen LogP contribution in [-0.4, -0.2) is 59.8 Å². The van der Waals surface area contributed by atoms with E-state index >= 15 is 0 Å². The zero-order valence-electron chi connectivity index (χ0n) is 19.9. The third kappa shape index (κ3) is 7.27. The Morgan fingerprint density at radius 1 is 0.886 bits per heavy atom. The summed E-state index contributed by atoms with van der Waals surface area (Å²) in [6.45, 7) is 8.44. The molecule has 0 unspecified atom stereocenters. The van der Waals surface area contributed by atoms with Gasteiger partial charge < -0.3 is 25.6 Å². The number of hydrogen-bond donors (Lipinski definition) is 2. The standard InChI is InChI=1S/C14H19N3O4.C9H11N3O2/c1-14(2,3)21-13(18)15-10-8-16(9-10)11-4-6-12(7-5-11)17(19)20;10-7-5-11(6-7)8-1-3-9(4-2-8)12(13)14/h4-7,10H,8-9H2,1-3H3,(H,15,18);1-4,7H,5-6,10H2. The summed E-state index contributed by atoms with van der Waals surface area (Å²) in [5.41, 5.74) is 7.22. The van der Waals surface area contributed by atoms with Gasteiger partial charge in [-0.15, -0.1) is 0 Å². The molecule has 0 aromatic heterocycles. The van der Waals surface area contributed by atoms with Gasteiger partial charge in [-0.25, -0.2) is 4.79 Å². The number of nitrogens with one attached hydrogen (secondary N) is 1. The Morgan fingerprint density at radius 2 is 1.29 bits per heavy atom. The highest BCUT2D eigenvalue weighted by Gasteiger charge is 2.30. The normalized spacial score (nSPS) is 15.8. The highest BCUT2D eigenvalue weighted by Crippen LogP contribution is 2.24. The van der Waals surface area contributed by atoms with E-state index in [-0.39, 0.29) is 23.5 Å². The molecule has 12 heteroatoms. The Kier molecular flexibility index (Phi) is 7.75. The van der Waals surface area contributed by atoms with Crippen molar-refractivity contribution >= 4 is 28.8 Å². The van der Waals surface area contributed by atoms with Crippen molar-refractivity contribution in [1.29, 1.82) is 0 Å². The lowest BCUT2D eigenvalue weighted by molar-refractivity contribution is -0.385. The van der Waals surface area contributed by atoms with E-state index < -0.39 is 21.5 Å². The first-order chi connectivity index (χ1) is 16.4. The maximum absolute atomic E-state index is 11.6. The summed E-state index contributed by atoms with van der Waals surface area (Å²) in [4.78, 5) is 35.9. The van der Waals surface area contributed by atoms with E-state index in [1.165, 1.54) is 24.3 Å². The van der Waals surface area contributed by atoms with Gasteiger partial charge in [0.25, 0.3) is 11.4 Å². The summed E-state index contributed by atoms with van der Waals surface area (Å²) in [6.07, 6.45) is -0.421. The molecule has 2 saturated heterocycles. The predicted molar refractivity (Wildman–Crippen MR) is 132 cm³/mol. The van der Waals surface area contributed by atoms with Gasteiger partial charge in [0.2, 0.25) is 0 Å². The lowest BCUT2D eigenvalue weighted by Gasteiger charge is -2.41. The number of nitro groups is 2. The van der Waals surface area contributed by atoms with Crippen molar-refractivity contribution in [2.45, 2.75) is 38.5 Å². The lowest BCUT2D eigenvalue weighted by Crippen LogP contribution is -2.60. The Balaban J connectivity index is 0.000000211. The van der Waals surface area contributed by atoms with Gasteiger partial charge >= 0.3 is 6.09 Å². The Labute approximate surface area is 202 Å². The highest BCUT2D eigenvalue weighted by molar-refractivity contribution is 5.69. The predicted octanol–water partition coefficient (Wildman–Crippen LogP) is 3.05. The fourth-order valence-corrected chi connectivity index (χ4v) is 3.55. The first-order valence-electron chi connectivity index (χ1n) is 11.1. The van der Waals surface area contributed by atoms with Crippen molar-refractivity contribution in [3.8, 4) is 0 Å². The molecule has 0 bridgehead atoms. The van der Waals surface area contributed by atoms with Crippen LogP contribution in [0.25, 0.3) is 0 Å². The quantitative estimate of drug-likeness (QED) is 0.479. The molecule has 35 heavy (non-hydrogen) atoms. The fourth-order valence-electron chi connectivity index (χ4n) is 3.55. The molecule has 2 fully saturated rings. The second-order valence-electron chi connectivity index (χ2n) is 9.46. The molecule has 0 radical (unpaired) electrons. The molecule has 188 valence electrons. The monoisotopic (exact) mass is 486 g/mol. The van der Waals surface area contributed by atoms with Crippen LogP contribution in [0.15, 0.2) is 48.5 Å². The number of anilines is 2. The molecule has 0 aliphatic carbocycles. The van der Waals surface area contributed by atoms with E-state index in [0.29, 0.717) is 13.1 Å². The molecule has 0 atom stereocenters. The second kappa shape index (κ2) is 10.6. The van der Waals surface area contributed by atoms with Gasteiger partial charge in [0.15, 0.2) is 0 Å². The van der Waals surface area contributed by atoms with Gasteiger partial charge in [0.05, 0.1) is 15.9 Å². The number of non-ortho nitro benzene ring substituents is 2. The van der Waals surface area contributed by atoms with Crippen LogP contribution in [0.5, 0.6) is 0 Å². The Bertz CT molecular complexity index is 1040. The van der Waals surface area contributed by atoms with Gasteiger partial charge in [-0.3, -0.25) is 20.2 Å². The average Bonchev–Trinajstić information content (AvgIpc) is 2.73. The minimum absolute atomic E-state index is 0.0371. The van der Waals surface area contributed by atoms with E-state index in [1.807, 2.05) is 25.7 Å². The fraction of sp³-hybridized carbons (Fsp3) is 0.435. The maximum Gasteiger partial charge on any atom is 0.407 e. The SMILES string of the molecule is CC(C)(C)OC(=O)NC1CN(c2ccc([N+](=O)[O-])cc2)C1.NC1CN(c2ccc([N+](=O)[O-])cc2)C1. The van der Waals surface area contributed by atoms with E-state index in [0.717, 1.165) is 24.5 Å². The summed E-state index contributed by atoms with van der Waals surface area (Å²) in [6, 6.07) is 13.2. The maximum atomic E-state index is 11.6. The van der Waals surface area contributed by atoms with Gasteiger partial charge in [-0.1, -0.05) is 0 Å². The van der Waals surface area contributed by atoms with Crippen LogP contribution in [0.4, 0.5) is 27.5 Å². The number of nitro benzene ring substituents is 2. The van der Waals surface area contributed by atoms with E-state index in [2.05, 4.69) is 10.2 Å². The molecule has 2 heterocycles. The van der Waals surface area contributed by atoms with Crippen LogP contribution in [0.1, 0.15) is 20.8 Å². The van der Waals surface area contributed by atoms with Crippen molar-refractivity contribution < 1.29 is 19.4 Å². The number of hydrogen-bond acceptors (Lipinski definition) is 9. The summed E-state index contributed by atoms with van der Waals surface area (Å²) >= 11 is 0. The molecule has 2 aromatic carbocycles. The largest absolute Gasteiger partial charge is 0.444 e. The van der Waals surface area contributed by atoms with E-state index in [4.69, 9.17) is 10.5 Å². The summed E-state index contributed by atoms with van der Waals surface area (Å²) in [5.74, 6) is 0. The molecule has 12 nitrogen and oxygen atoms in total. The second-order valence-corrected chi connectivity index (χ2v) is 9.46. The minimum Gasteiger partial charge on any atom is -0.444 e. The van der Waals surface area contributed by atoms with Crippen molar-refractivity contribution in [2.75, 3.05) is 36.0 Å². The van der Waals surface area contributed by atoms with Crippen molar-refractivity contribution in [3.05, 3.63) is 68.8 Å². The van der Waals surface area contributed by atoms with Crippen LogP contribution in [0.3, 0.4) is 0 Å². The number of benzene rings is 2. The smallest absolute Gasteiger partial charge is 0.407 e. The lowest BCUT2D eigenvalue weighted by atomic mass is 10.1. The molecule has 0 spiro atoms. The minimum atomic E-state index is -0.508. The van der Waals surface area contributed by atoms with Gasteiger partial charge in [0, 0.05) is 67.9 Å². The van der Waals surface area contributed by atoms with E-state index in [9.17, 15) is 25.0 Å². The number of amides is 1. The highest BCUT2D eigenvalue weighted by atomic mass is 16.6. The topological polar surface area (TPSA) is 157 Å². The first kappa shape index (κ1) is 25.7. The van der Waals surface area contributed by atoms with Gasteiger partial charge in [-0.2, -0.15) is 0 Å². The molecule has 2 aromatic rings. The van der Waals surface area contributed by atoms with Crippen molar-refractivity contribution in [1.82, 2.24) is 5.32 Å². The van der Waals surface area contributed by atoms with Crippen LogP contribution >= 0.6 is 0 Å². The molecule has 1 amide bonds. The Morgan fingerprint density at radius 3 is 1.63 bits per heavy atom. The number of rotatable bonds is 5. The number of nitrogens with zero attached hydrogens (tertiary/aromatic N) is 4. The molecule has 2 aliphatic rings. The third-order valence-corrected chi connectivity index (χ3v) is 5.36. The molecule has 3 N–H and O–H groups in total. The number of carbonyl (C=O) groups excluding carboxylic acids is 1. The molecule has 4 rings (SSSR count). The molecule has 0 saturated carbocycles. The molecular weight excluding hydrogens is 456 g/mol. The number of nitrogens with two attached hydrogens (primary N) is 1. The third-order valence-electron chi connectivity index (χ3n) is 5.36. The van der Waals surface area contributed by atoms with Gasteiger partial charge in [0.1, 0.15) is 5.60 Å². The zero-order valence-corrected chi connectivity index (χ0v) is 19.9. The van der Waals surface area contributed by atoms with Crippen LogP contribution in [-0.2, 0) is 4.74 Å². The number of carbonyl (C=O) groups is 1. The van der Waals surface area contributed by atoms with Crippen LogP contribution < -0.4 is 20.9 Å². The first-order valence-corrected chi connectivity index (χ1v) is 11.1. The van der Waals surface area contributed by atoms with Crippen molar-refractivity contribution in [3.63, 3.8) is 0 Å². The Hall–Kier alpha value is -3.93. The van der Waals surface area contributed by atoms with Crippen LogP contribution in [0.2, 0.25) is 0 Å². The number of alkyl carbamates (subject to hydrolysis) is 1. The average molecular weight is 487 g/mol. The zero-order chi connectivity index (χ0) is 25.8. The van der Waals surface area contributed by atoms with Crippen LogP contribution in [0, 0.1) is 20.2 Å². The molecule has 2 aliphatic heterocycles. The summed E-state index contributed by atoms with van der Waals surface area (Å²) in [5, 5.41) is 23.8. The van der Waals surface area contributed by atoms with Crippen molar-refractivity contribution in [2.24, 2.45) is 5.73 Å². The summed E-state index contributed by atoms with van der Waals surface area (Å²) in [7, 11) is 0. The molecular formula is C23H30N6O6. The number of ether oxygens (including phenoxy) is 1. The van der Waals surface area contributed by atoms with Gasteiger partial charge in [-0.05, 0) is 45.0 Å². The summed E-state index contributed by atoms with van der Waals surface area (Å²) < 4.78 is 5.18.